The summed E-state index contributed by atoms with van der Waals surface area (Å²) >= 11 is 0. The summed E-state index contributed by atoms with van der Waals surface area (Å²) in [6, 6.07) is 9.60. The van der Waals surface area contributed by atoms with E-state index in [0.29, 0.717) is 25.4 Å². The first-order valence-electron chi connectivity index (χ1n) is 9.92. The first-order chi connectivity index (χ1) is 15.0. The predicted molar refractivity (Wildman–Crippen MR) is 115 cm³/mol. The zero-order valence-corrected chi connectivity index (χ0v) is 17.1. The van der Waals surface area contributed by atoms with E-state index < -0.39 is 0 Å². The van der Waals surface area contributed by atoms with Crippen LogP contribution in [0.2, 0.25) is 0 Å². The van der Waals surface area contributed by atoms with Gasteiger partial charge in [0.05, 0.1) is 18.8 Å². The summed E-state index contributed by atoms with van der Waals surface area (Å²) in [6.07, 6.45) is 3.09. The molecule has 3 heterocycles. The van der Waals surface area contributed by atoms with Gasteiger partial charge in [0.15, 0.2) is 0 Å². The first kappa shape index (κ1) is 20.8. The molecule has 31 heavy (non-hydrogen) atoms. The number of morpholine rings is 1. The van der Waals surface area contributed by atoms with Gasteiger partial charge in [-0.15, -0.1) is 0 Å². The zero-order chi connectivity index (χ0) is 21.8. The maximum atomic E-state index is 13.0. The predicted octanol–water partition coefficient (Wildman–Crippen LogP) is 2.58. The van der Waals surface area contributed by atoms with Gasteiger partial charge in [0, 0.05) is 42.4 Å². The molecule has 0 radical (unpaired) electrons. The number of ether oxygens (including phenoxy) is 1. The fourth-order valence-corrected chi connectivity index (χ4v) is 3.47. The second-order valence-corrected chi connectivity index (χ2v) is 7.40. The molecule has 8 nitrogen and oxygen atoms in total. The number of halogens is 1. The van der Waals surface area contributed by atoms with Gasteiger partial charge >= 0.3 is 0 Å². The van der Waals surface area contributed by atoms with E-state index in [1.165, 1.54) is 24.3 Å². The molecule has 1 fully saturated rings. The Morgan fingerprint density at radius 1 is 1.23 bits per heavy atom. The lowest BCUT2D eigenvalue weighted by molar-refractivity contribution is -0.119. The second-order valence-electron chi connectivity index (χ2n) is 7.40. The average molecular weight is 422 g/mol. The van der Waals surface area contributed by atoms with Crippen molar-refractivity contribution in [3.63, 3.8) is 0 Å². The summed E-state index contributed by atoms with van der Waals surface area (Å²) in [5.41, 5.74) is 9.55. The Morgan fingerprint density at radius 2 is 1.97 bits per heavy atom. The molecule has 3 N–H and O–H groups in total. The van der Waals surface area contributed by atoms with Crippen molar-refractivity contribution in [2.24, 2.45) is 0 Å². The van der Waals surface area contributed by atoms with Crippen LogP contribution in [0.4, 0.5) is 16.0 Å². The van der Waals surface area contributed by atoms with E-state index in [0.717, 1.165) is 22.5 Å². The molecule has 1 amide bonds. The summed E-state index contributed by atoms with van der Waals surface area (Å²) < 4.78 is 19.0. The van der Waals surface area contributed by atoms with E-state index in [9.17, 15) is 9.18 Å². The standard InChI is InChI=1S/C22H23FN6O2/c1-14-8-15(16-10-25-22(24)26-11-16)9-19(27-14)20-12-29(6-7-31-20)13-21(30)28-18-4-2-17(23)3-5-18/h2-5,8-11,20H,6-7,12-13H2,1H3,(H,28,30)(H2,24,25,26). The molecule has 2 aromatic heterocycles. The number of hydrogen-bond donors (Lipinski definition) is 2. The van der Waals surface area contributed by atoms with Gasteiger partial charge in [0.25, 0.3) is 0 Å². The van der Waals surface area contributed by atoms with Gasteiger partial charge < -0.3 is 15.8 Å². The molecule has 160 valence electrons. The minimum absolute atomic E-state index is 0.163. The largest absolute Gasteiger partial charge is 0.369 e. The van der Waals surface area contributed by atoms with Crippen molar-refractivity contribution in [3.05, 3.63) is 66.0 Å². The Hall–Kier alpha value is -3.43. The van der Waals surface area contributed by atoms with Gasteiger partial charge in [-0.05, 0) is 48.9 Å². The molecule has 1 aliphatic rings. The lowest BCUT2D eigenvalue weighted by Crippen LogP contribution is -2.42. The maximum Gasteiger partial charge on any atom is 0.238 e. The monoisotopic (exact) mass is 422 g/mol. The number of benzene rings is 1. The van der Waals surface area contributed by atoms with Crippen LogP contribution in [0.1, 0.15) is 17.5 Å². The van der Waals surface area contributed by atoms with Gasteiger partial charge in [0.2, 0.25) is 11.9 Å². The van der Waals surface area contributed by atoms with E-state index in [2.05, 4.69) is 20.3 Å². The molecule has 3 aromatic rings. The first-order valence-corrected chi connectivity index (χ1v) is 9.92. The molecule has 1 atom stereocenters. The summed E-state index contributed by atoms with van der Waals surface area (Å²) in [6.45, 7) is 3.79. The van der Waals surface area contributed by atoms with Crippen LogP contribution < -0.4 is 11.1 Å². The lowest BCUT2D eigenvalue weighted by Gasteiger charge is -2.32. The summed E-state index contributed by atoms with van der Waals surface area (Å²) in [5, 5.41) is 2.79. The Labute approximate surface area is 179 Å². The number of nitrogens with zero attached hydrogens (tertiary/aromatic N) is 4. The molecule has 1 aromatic carbocycles. The fourth-order valence-electron chi connectivity index (χ4n) is 3.47. The highest BCUT2D eigenvalue weighted by atomic mass is 19.1. The molecule has 9 heteroatoms. The smallest absolute Gasteiger partial charge is 0.238 e. The Morgan fingerprint density at radius 3 is 2.71 bits per heavy atom. The molecule has 0 spiro atoms. The Bertz CT molecular complexity index is 1060. The van der Waals surface area contributed by atoms with Crippen molar-refractivity contribution in [2.45, 2.75) is 13.0 Å². The Kier molecular flexibility index (Phi) is 6.15. The number of pyridine rings is 1. The zero-order valence-electron chi connectivity index (χ0n) is 17.1. The summed E-state index contributed by atoms with van der Waals surface area (Å²) in [5.74, 6) is -0.284. The maximum absolute atomic E-state index is 13.0. The van der Waals surface area contributed by atoms with E-state index in [1.807, 2.05) is 24.0 Å². The quantitative estimate of drug-likeness (QED) is 0.651. The van der Waals surface area contributed by atoms with Crippen molar-refractivity contribution in [1.29, 1.82) is 0 Å². The number of anilines is 2. The van der Waals surface area contributed by atoms with Gasteiger partial charge in [-0.3, -0.25) is 14.7 Å². The number of aromatic nitrogens is 3. The number of nitrogen functional groups attached to an aromatic ring is 1. The van der Waals surface area contributed by atoms with E-state index in [1.54, 1.807) is 12.4 Å². The van der Waals surface area contributed by atoms with Crippen LogP contribution >= 0.6 is 0 Å². The number of amides is 1. The highest BCUT2D eigenvalue weighted by Gasteiger charge is 2.25. The van der Waals surface area contributed by atoms with E-state index in [4.69, 9.17) is 10.5 Å². The van der Waals surface area contributed by atoms with Gasteiger partial charge in [-0.1, -0.05) is 0 Å². The molecule has 1 saturated heterocycles. The van der Waals surface area contributed by atoms with Gasteiger partial charge in [0.1, 0.15) is 11.9 Å². The minimum Gasteiger partial charge on any atom is -0.369 e. The third kappa shape index (κ3) is 5.39. The lowest BCUT2D eigenvalue weighted by atomic mass is 10.1. The third-order valence-electron chi connectivity index (χ3n) is 4.95. The molecule has 0 aliphatic carbocycles. The number of nitrogens with two attached hydrogens (primary N) is 1. The second kappa shape index (κ2) is 9.15. The van der Waals surface area contributed by atoms with Crippen molar-refractivity contribution < 1.29 is 13.9 Å². The number of hydrogen-bond acceptors (Lipinski definition) is 7. The van der Waals surface area contributed by atoms with Crippen LogP contribution in [0.25, 0.3) is 11.1 Å². The molecular weight excluding hydrogens is 399 g/mol. The summed E-state index contributed by atoms with van der Waals surface area (Å²) in [4.78, 5) is 27.2. The van der Waals surface area contributed by atoms with Crippen LogP contribution in [0.3, 0.4) is 0 Å². The number of carbonyl (C=O) groups excluding carboxylic acids is 1. The van der Waals surface area contributed by atoms with Crippen molar-refractivity contribution >= 4 is 17.5 Å². The third-order valence-corrected chi connectivity index (χ3v) is 4.95. The highest BCUT2D eigenvalue weighted by Crippen LogP contribution is 2.26. The Balaban J connectivity index is 1.43. The van der Waals surface area contributed by atoms with Crippen molar-refractivity contribution in [1.82, 2.24) is 19.9 Å². The normalized spacial score (nSPS) is 16.8. The van der Waals surface area contributed by atoms with Crippen LogP contribution in [0, 0.1) is 12.7 Å². The van der Waals surface area contributed by atoms with Gasteiger partial charge in [-0.25, -0.2) is 14.4 Å². The van der Waals surface area contributed by atoms with Crippen LogP contribution in [-0.2, 0) is 9.53 Å². The van der Waals surface area contributed by atoms with Gasteiger partial charge in [-0.2, -0.15) is 0 Å². The van der Waals surface area contributed by atoms with E-state index >= 15 is 0 Å². The summed E-state index contributed by atoms with van der Waals surface area (Å²) in [7, 11) is 0. The van der Waals surface area contributed by atoms with Crippen molar-refractivity contribution in [2.75, 3.05) is 37.3 Å². The molecular formula is C22H23FN6O2. The number of aryl methyl sites for hydroxylation is 1. The van der Waals surface area contributed by atoms with Crippen LogP contribution in [0.5, 0.6) is 0 Å². The topological polar surface area (TPSA) is 106 Å². The average Bonchev–Trinajstić information content (AvgIpc) is 2.75. The molecule has 0 saturated carbocycles. The minimum atomic E-state index is -0.343. The molecule has 4 rings (SSSR count). The molecule has 1 aliphatic heterocycles. The fraction of sp³-hybridized carbons (Fsp3) is 0.273. The molecule has 0 bridgehead atoms. The SMILES string of the molecule is Cc1cc(-c2cnc(N)nc2)cc(C2CN(CC(=O)Nc3ccc(F)cc3)CCO2)n1. The number of nitrogens with one attached hydrogen (secondary N) is 1. The van der Waals surface area contributed by atoms with Crippen LogP contribution in [0.15, 0.2) is 48.8 Å². The number of rotatable bonds is 5. The van der Waals surface area contributed by atoms with Crippen LogP contribution in [-0.4, -0.2) is 52.0 Å². The highest BCUT2D eigenvalue weighted by molar-refractivity contribution is 5.92. The van der Waals surface area contributed by atoms with Crippen molar-refractivity contribution in [3.8, 4) is 11.1 Å². The van der Waals surface area contributed by atoms with E-state index in [-0.39, 0.29) is 30.3 Å². The molecule has 1 unspecified atom stereocenters. The number of carbonyl (C=O) groups is 1.